The van der Waals surface area contributed by atoms with Gasteiger partial charge in [0.15, 0.2) is 0 Å². The predicted molar refractivity (Wildman–Crippen MR) is 66.6 cm³/mol. The summed E-state index contributed by atoms with van der Waals surface area (Å²) in [7, 11) is 1.58. The highest BCUT2D eigenvalue weighted by Crippen LogP contribution is 2.46. The van der Waals surface area contributed by atoms with E-state index in [9.17, 15) is 9.59 Å². The molecule has 96 valence electrons. The van der Waals surface area contributed by atoms with E-state index >= 15 is 0 Å². The smallest absolute Gasteiger partial charge is 0.246 e. The zero-order valence-corrected chi connectivity index (χ0v) is 10.5. The van der Waals surface area contributed by atoms with E-state index in [-0.39, 0.29) is 23.5 Å². The van der Waals surface area contributed by atoms with Gasteiger partial charge in [-0.3, -0.25) is 0 Å². The monoisotopic (exact) mass is 247 g/mol. The number of aromatic nitrogens is 3. The first-order valence-corrected chi connectivity index (χ1v) is 6.77. The third-order valence-electron chi connectivity index (χ3n) is 4.99. The molecule has 0 spiro atoms. The van der Waals surface area contributed by atoms with E-state index in [4.69, 9.17) is 0 Å². The first-order valence-electron chi connectivity index (χ1n) is 6.77. The molecular weight excluding hydrogens is 230 g/mol. The van der Waals surface area contributed by atoms with Gasteiger partial charge >= 0.3 is 11.4 Å². The van der Waals surface area contributed by atoms with Gasteiger partial charge in [0.1, 0.15) is 0 Å². The molecule has 2 aliphatic carbocycles. The van der Waals surface area contributed by atoms with E-state index in [1.807, 2.05) is 0 Å². The Morgan fingerprint density at radius 1 is 1.00 bits per heavy atom. The summed E-state index contributed by atoms with van der Waals surface area (Å²) in [5.74, 6) is 1.05. The van der Waals surface area contributed by atoms with Crippen LogP contribution in [0.2, 0.25) is 0 Å². The van der Waals surface area contributed by atoms with Crippen LogP contribution in [0.25, 0.3) is 0 Å². The molecule has 5 nitrogen and oxygen atoms in total. The van der Waals surface area contributed by atoms with Gasteiger partial charge in [-0.15, -0.1) is 0 Å². The van der Waals surface area contributed by atoms with Crippen molar-refractivity contribution >= 4 is 0 Å². The Balaban J connectivity index is 2.05. The molecule has 1 saturated carbocycles. The van der Waals surface area contributed by atoms with Crippen LogP contribution in [0.15, 0.2) is 21.7 Å². The molecule has 0 radical (unpaired) electrons. The van der Waals surface area contributed by atoms with Gasteiger partial charge in [0.25, 0.3) is 0 Å². The van der Waals surface area contributed by atoms with Crippen molar-refractivity contribution in [3.05, 3.63) is 33.1 Å². The van der Waals surface area contributed by atoms with Crippen LogP contribution in [0.3, 0.4) is 0 Å². The number of allylic oxidation sites excluding steroid dienone is 2. The standard InChI is InChI=1S/C13H17N3O2/c1-14-12(17)15-10-5-6-11(16(15)13(14)18)9-4-2-3-8(10)7-9/h5-6,8-11H,2-4,7H2,1H3. The minimum atomic E-state index is -0.160. The average molecular weight is 247 g/mol. The van der Waals surface area contributed by atoms with Crippen LogP contribution >= 0.6 is 0 Å². The summed E-state index contributed by atoms with van der Waals surface area (Å²) in [6.07, 6.45) is 9.04. The van der Waals surface area contributed by atoms with Gasteiger partial charge in [-0.2, -0.15) is 0 Å². The van der Waals surface area contributed by atoms with E-state index in [1.165, 1.54) is 23.8 Å². The minimum absolute atomic E-state index is 0.0907. The Labute approximate surface area is 104 Å². The lowest BCUT2D eigenvalue weighted by Crippen LogP contribution is -2.35. The maximum atomic E-state index is 12.2. The lowest BCUT2D eigenvalue weighted by molar-refractivity contribution is 0.237. The van der Waals surface area contributed by atoms with E-state index in [1.54, 1.807) is 16.4 Å². The quantitative estimate of drug-likeness (QED) is 0.637. The maximum Gasteiger partial charge on any atom is 0.347 e. The summed E-state index contributed by atoms with van der Waals surface area (Å²) in [5.41, 5.74) is -0.321. The average Bonchev–Trinajstić information content (AvgIpc) is 2.53. The van der Waals surface area contributed by atoms with Gasteiger partial charge in [-0.25, -0.2) is 23.5 Å². The highest BCUT2D eigenvalue weighted by atomic mass is 16.2. The summed E-state index contributed by atoms with van der Waals surface area (Å²) < 4.78 is 4.67. The summed E-state index contributed by atoms with van der Waals surface area (Å²) >= 11 is 0. The molecule has 5 heteroatoms. The Morgan fingerprint density at radius 3 is 2.00 bits per heavy atom. The highest BCUT2D eigenvalue weighted by molar-refractivity contribution is 5.12. The second-order valence-electron chi connectivity index (χ2n) is 5.87. The van der Waals surface area contributed by atoms with Gasteiger partial charge < -0.3 is 0 Å². The SMILES string of the molecule is Cn1c(=O)n2n(c1=O)C1C=CC2C2CCCC1C2. The van der Waals surface area contributed by atoms with Crippen molar-refractivity contribution in [3.8, 4) is 0 Å². The maximum absolute atomic E-state index is 12.2. The van der Waals surface area contributed by atoms with Gasteiger partial charge in [-0.05, 0) is 31.1 Å². The fraction of sp³-hybridized carbons (Fsp3) is 0.692. The van der Waals surface area contributed by atoms with Gasteiger partial charge in [0.05, 0.1) is 12.1 Å². The second-order valence-corrected chi connectivity index (χ2v) is 5.87. The molecule has 1 fully saturated rings. The molecule has 2 aliphatic heterocycles. The number of hydrogen-bond donors (Lipinski definition) is 0. The lowest BCUT2D eigenvalue weighted by Gasteiger charge is -2.28. The highest BCUT2D eigenvalue weighted by Gasteiger charge is 2.42. The Bertz CT molecular complexity index is 597. The third kappa shape index (κ3) is 1.07. The number of hydrogen-bond acceptors (Lipinski definition) is 2. The van der Waals surface area contributed by atoms with E-state index < -0.39 is 0 Å². The Morgan fingerprint density at radius 2 is 1.50 bits per heavy atom. The van der Waals surface area contributed by atoms with Crippen LogP contribution in [0.1, 0.15) is 37.8 Å². The molecule has 4 atom stereocenters. The molecule has 0 aromatic carbocycles. The van der Waals surface area contributed by atoms with Gasteiger partial charge in [0.2, 0.25) is 0 Å². The summed E-state index contributed by atoms with van der Waals surface area (Å²) in [5, 5.41) is 0. The summed E-state index contributed by atoms with van der Waals surface area (Å²) in [6.45, 7) is 0. The van der Waals surface area contributed by atoms with Crippen LogP contribution in [0, 0.1) is 11.8 Å². The van der Waals surface area contributed by atoms with E-state index in [0.717, 1.165) is 6.42 Å². The van der Waals surface area contributed by atoms with E-state index in [2.05, 4.69) is 12.2 Å². The molecule has 3 heterocycles. The van der Waals surface area contributed by atoms with Crippen LogP contribution in [0.4, 0.5) is 0 Å². The Hall–Kier alpha value is -1.52. The molecule has 0 saturated heterocycles. The number of nitrogens with zero attached hydrogens (tertiary/aromatic N) is 3. The van der Waals surface area contributed by atoms with Crippen molar-refractivity contribution in [1.82, 2.24) is 13.9 Å². The van der Waals surface area contributed by atoms with Crippen molar-refractivity contribution in [1.29, 1.82) is 0 Å². The summed E-state index contributed by atoms with van der Waals surface area (Å²) in [6, 6.07) is 0.181. The molecule has 0 amide bonds. The molecule has 0 N–H and O–H groups in total. The van der Waals surface area contributed by atoms with Crippen LogP contribution < -0.4 is 11.4 Å². The third-order valence-corrected chi connectivity index (χ3v) is 4.99. The van der Waals surface area contributed by atoms with Crippen LogP contribution in [-0.2, 0) is 7.05 Å². The first-order chi connectivity index (χ1) is 8.68. The largest absolute Gasteiger partial charge is 0.347 e. The molecule has 5 rings (SSSR count). The van der Waals surface area contributed by atoms with Crippen molar-refractivity contribution < 1.29 is 0 Å². The molecule has 4 bridgehead atoms. The fourth-order valence-corrected chi connectivity index (χ4v) is 4.11. The molecule has 4 unspecified atom stereocenters. The predicted octanol–water partition coefficient (Wildman–Crippen LogP) is 0.820. The molecular formula is C13H17N3O2. The normalized spacial score (nSPS) is 36.5. The van der Waals surface area contributed by atoms with Crippen molar-refractivity contribution in [3.63, 3.8) is 0 Å². The zero-order valence-electron chi connectivity index (χ0n) is 10.5. The minimum Gasteiger partial charge on any atom is -0.246 e. The van der Waals surface area contributed by atoms with Gasteiger partial charge in [0, 0.05) is 7.05 Å². The van der Waals surface area contributed by atoms with Crippen molar-refractivity contribution in [2.75, 3.05) is 0 Å². The van der Waals surface area contributed by atoms with Crippen LogP contribution in [-0.4, -0.2) is 13.9 Å². The van der Waals surface area contributed by atoms with Crippen LogP contribution in [0.5, 0.6) is 0 Å². The lowest BCUT2D eigenvalue weighted by atomic mass is 9.78. The van der Waals surface area contributed by atoms with Crippen molar-refractivity contribution in [2.45, 2.75) is 37.8 Å². The molecule has 1 aromatic rings. The molecule has 1 aromatic heterocycles. The second kappa shape index (κ2) is 3.28. The number of rotatable bonds is 0. The fourth-order valence-electron chi connectivity index (χ4n) is 4.11. The topological polar surface area (TPSA) is 48.9 Å². The van der Waals surface area contributed by atoms with E-state index in [0.29, 0.717) is 11.8 Å². The Kier molecular flexibility index (Phi) is 1.89. The van der Waals surface area contributed by atoms with Crippen molar-refractivity contribution in [2.24, 2.45) is 18.9 Å². The van der Waals surface area contributed by atoms with Gasteiger partial charge in [-0.1, -0.05) is 18.6 Å². The zero-order chi connectivity index (χ0) is 12.4. The molecule has 4 aliphatic rings. The molecule has 18 heavy (non-hydrogen) atoms. The first kappa shape index (κ1) is 10.4. The summed E-state index contributed by atoms with van der Waals surface area (Å²) in [4.78, 5) is 24.5.